The number of aromatic amines is 1. The van der Waals surface area contributed by atoms with Crippen molar-refractivity contribution in [3.8, 4) is 0 Å². The van der Waals surface area contributed by atoms with Gasteiger partial charge in [0.2, 0.25) is 0 Å². The average Bonchev–Trinajstić information content (AvgIpc) is 2.82. The first-order chi connectivity index (χ1) is 9.61. The summed E-state index contributed by atoms with van der Waals surface area (Å²) in [5, 5.41) is 0. The normalized spacial score (nSPS) is 11.6. The summed E-state index contributed by atoms with van der Waals surface area (Å²) in [6.45, 7) is 0. The maximum atomic E-state index is 13.1. The molecular formula is C15H9BrF2N2. The monoisotopic (exact) mass is 334 g/mol. The third-order valence-electron chi connectivity index (χ3n) is 2.84. The molecule has 1 aromatic heterocycles. The van der Waals surface area contributed by atoms with E-state index in [1.165, 1.54) is 6.07 Å². The number of imidazole rings is 1. The molecule has 0 aliphatic rings. The highest BCUT2D eigenvalue weighted by Gasteiger charge is 2.02. The Kier molecular flexibility index (Phi) is 3.36. The molecule has 3 aromatic rings. The molecule has 3 rings (SSSR count). The van der Waals surface area contributed by atoms with Crippen molar-refractivity contribution in [3.63, 3.8) is 0 Å². The van der Waals surface area contributed by atoms with Gasteiger partial charge in [-0.3, -0.25) is 0 Å². The lowest BCUT2D eigenvalue weighted by atomic mass is 10.2. The summed E-state index contributed by atoms with van der Waals surface area (Å²) in [6, 6.07) is 9.48. The van der Waals surface area contributed by atoms with Crippen LogP contribution in [0.4, 0.5) is 8.78 Å². The van der Waals surface area contributed by atoms with Crippen LogP contribution in [-0.4, -0.2) is 9.97 Å². The van der Waals surface area contributed by atoms with Gasteiger partial charge in [-0.2, -0.15) is 0 Å². The molecule has 0 fully saturated rings. The van der Waals surface area contributed by atoms with Crippen molar-refractivity contribution < 1.29 is 8.78 Å². The second-order valence-electron chi connectivity index (χ2n) is 4.29. The Labute approximate surface area is 122 Å². The largest absolute Gasteiger partial charge is 0.338 e. The van der Waals surface area contributed by atoms with Crippen LogP contribution in [0.2, 0.25) is 0 Å². The van der Waals surface area contributed by atoms with Gasteiger partial charge in [0.05, 0.1) is 11.0 Å². The quantitative estimate of drug-likeness (QED) is 0.718. The summed E-state index contributed by atoms with van der Waals surface area (Å²) < 4.78 is 26.9. The fourth-order valence-electron chi connectivity index (χ4n) is 1.87. The fourth-order valence-corrected chi connectivity index (χ4v) is 2.23. The van der Waals surface area contributed by atoms with Crippen LogP contribution < -0.4 is 0 Å². The highest BCUT2D eigenvalue weighted by atomic mass is 79.9. The van der Waals surface area contributed by atoms with Gasteiger partial charge in [-0.1, -0.05) is 28.1 Å². The Morgan fingerprint density at radius 1 is 1.00 bits per heavy atom. The molecule has 5 heteroatoms. The number of nitrogens with zero attached hydrogens (tertiary/aromatic N) is 1. The molecule has 0 radical (unpaired) electrons. The van der Waals surface area contributed by atoms with Gasteiger partial charge < -0.3 is 4.98 Å². The first-order valence-corrected chi connectivity index (χ1v) is 6.69. The standard InChI is InChI=1S/C15H9BrF2N2/c16-10-3-5-13-14(8-10)20-15(19-13)6-2-9-1-4-11(17)12(18)7-9/h1-8H,(H,19,20). The van der Waals surface area contributed by atoms with E-state index in [1.807, 2.05) is 18.2 Å². The molecule has 20 heavy (non-hydrogen) atoms. The first-order valence-electron chi connectivity index (χ1n) is 5.90. The van der Waals surface area contributed by atoms with Gasteiger partial charge in [-0.25, -0.2) is 13.8 Å². The van der Waals surface area contributed by atoms with Gasteiger partial charge in [0.25, 0.3) is 0 Å². The summed E-state index contributed by atoms with van der Waals surface area (Å²) in [4.78, 5) is 7.51. The molecule has 1 heterocycles. The second kappa shape index (κ2) is 5.17. The molecule has 0 amide bonds. The van der Waals surface area contributed by atoms with Gasteiger partial charge in [0.15, 0.2) is 11.6 Å². The van der Waals surface area contributed by atoms with Crippen molar-refractivity contribution >= 4 is 39.1 Å². The lowest BCUT2D eigenvalue weighted by molar-refractivity contribution is 0.508. The number of hydrogen-bond acceptors (Lipinski definition) is 1. The van der Waals surface area contributed by atoms with E-state index < -0.39 is 11.6 Å². The zero-order chi connectivity index (χ0) is 14.1. The number of benzene rings is 2. The van der Waals surface area contributed by atoms with E-state index in [1.54, 1.807) is 12.2 Å². The van der Waals surface area contributed by atoms with Crippen molar-refractivity contribution in [3.05, 3.63) is 63.9 Å². The smallest absolute Gasteiger partial charge is 0.159 e. The van der Waals surface area contributed by atoms with E-state index >= 15 is 0 Å². The molecule has 0 aliphatic carbocycles. The molecule has 0 aliphatic heterocycles. The van der Waals surface area contributed by atoms with Crippen molar-refractivity contribution in [2.75, 3.05) is 0 Å². The maximum absolute atomic E-state index is 13.1. The number of halogens is 3. The first kappa shape index (κ1) is 13.0. The summed E-state index contributed by atoms with van der Waals surface area (Å²) in [6.07, 6.45) is 3.40. The highest BCUT2D eigenvalue weighted by Crippen LogP contribution is 2.19. The molecule has 2 nitrogen and oxygen atoms in total. The third-order valence-corrected chi connectivity index (χ3v) is 3.33. The SMILES string of the molecule is Fc1ccc(C=Cc2nc3ccc(Br)cc3[nH]2)cc1F. The second-order valence-corrected chi connectivity index (χ2v) is 5.21. The molecule has 1 N–H and O–H groups in total. The van der Waals surface area contributed by atoms with E-state index in [2.05, 4.69) is 25.9 Å². The molecular weight excluding hydrogens is 326 g/mol. The zero-order valence-electron chi connectivity index (χ0n) is 10.2. The van der Waals surface area contributed by atoms with Crippen LogP contribution in [0.15, 0.2) is 40.9 Å². The zero-order valence-corrected chi connectivity index (χ0v) is 11.8. The highest BCUT2D eigenvalue weighted by molar-refractivity contribution is 9.10. The summed E-state index contributed by atoms with van der Waals surface area (Å²) in [5.74, 6) is -1.06. The van der Waals surface area contributed by atoms with Crippen LogP contribution in [-0.2, 0) is 0 Å². The summed E-state index contributed by atoms with van der Waals surface area (Å²) in [7, 11) is 0. The van der Waals surface area contributed by atoms with Gasteiger partial charge in [-0.05, 0) is 42.0 Å². The number of rotatable bonds is 2. The minimum atomic E-state index is -0.860. The van der Waals surface area contributed by atoms with Crippen molar-refractivity contribution in [1.29, 1.82) is 0 Å². The number of hydrogen-bond donors (Lipinski definition) is 1. The van der Waals surface area contributed by atoms with Gasteiger partial charge in [-0.15, -0.1) is 0 Å². The van der Waals surface area contributed by atoms with Crippen LogP contribution in [0, 0.1) is 11.6 Å². The topological polar surface area (TPSA) is 28.7 Å². The Hall–Kier alpha value is -2.01. The fraction of sp³-hybridized carbons (Fsp3) is 0. The molecule has 2 aromatic carbocycles. The number of H-pyrrole nitrogens is 1. The van der Waals surface area contributed by atoms with Crippen LogP contribution in [0.1, 0.15) is 11.4 Å². The van der Waals surface area contributed by atoms with Crippen LogP contribution in [0.3, 0.4) is 0 Å². The van der Waals surface area contributed by atoms with Crippen molar-refractivity contribution in [2.24, 2.45) is 0 Å². The summed E-state index contributed by atoms with van der Waals surface area (Å²) in [5.41, 5.74) is 2.33. The van der Waals surface area contributed by atoms with E-state index in [4.69, 9.17) is 0 Å². The number of fused-ring (bicyclic) bond motifs is 1. The molecule has 0 atom stereocenters. The minimum Gasteiger partial charge on any atom is -0.338 e. The Balaban J connectivity index is 1.91. The molecule has 0 bridgehead atoms. The molecule has 0 saturated carbocycles. The van der Waals surface area contributed by atoms with Crippen LogP contribution >= 0.6 is 15.9 Å². The number of aromatic nitrogens is 2. The predicted molar refractivity (Wildman–Crippen MR) is 79.1 cm³/mol. The van der Waals surface area contributed by atoms with Gasteiger partial charge in [0.1, 0.15) is 5.82 Å². The van der Waals surface area contributed by atoms with E-state index in [-0.39, 0.29) is 0 Å². The van der Waals surface area contributed by atoms with Crippen LogP contribution in [0.5, 0.6) is 0 Å². The lowest BCUT2D eigenvalue weighted by Gasteiger charge is -1.94. The molecule has 0 saturated heterocycles. The average molecular weight is 335 g/mol. The number of nitrogens with one attached hydrogen (secondary N) is 1. The van der Waals surface area contributed by atoms with E-state index in [9.17, 15) is 8.78 Å². The van der Waals surface area contributed by atoms with E-state index in [0.717, 1.165) is 27.6 Å². The molecule has 0 unspecified atom stereocenters. The summed E-state index contributed by atoms with van der Waals surface area (Å²) >= 11 is 3.39. The third kappa shape index (κ3) is 2.63. The van der Waals surface area contributed by atoms with Crippen molar-refractivity contribution in [1.82, 2.24) is 9.97 Å². The maximum Gasteiger partial charge on any atom is 0.159 e. The Morgan fingerprint density at radius 2 is 1.85 bits per heavy atom. The van der Waals surface area contributed by atoms with Crippen molar-refractivity contribution in [2.45, 2.75) is 0 Å². The van der Waals surface area contributed by atoms with Gasteiger partial charge in [0, 0.05) is 4.47 Å². The predicted octanol–water partition coefficient (Wildman–Crippen LogP) is 4.77. The molecule has 100 valence electrons. The van der Waals surface area contributed by atoms with Crippen LogP contribution in [0.25, 0.3) is 23.2 Å². The van der Waals surface area contributed by atoms with E-state index in [0.29, 0.717) is 11.4 Å². The van der Waals surface area contributed by atoms with Gasteiger partial charge >= 0.3 is 0 Å². The minimum absolute atomic E-state index is 0.575. The lowest BCUT2D eigenvalue weighted by Crippen LogP contribution is -1.83. The Morgan fingerprint density at radius 3 is 2.65 bits per heavy atom. The molecule has 0 spiro atoms. The Bertz CT molecular complexity index is 809.